The van der Waals surface area contributed by atoms with Gasteiger partial charge in [-0.2, -0.15) is 5.10 Å². The van der Waals surface area contributed by atoms with Crippen LogP contribution in [-0.4, -0.2) is 30.4 Å². The van der Waals surface area contributed by atoms with Crippen molar-refractivity contribution in [2.45, 2.75) is 31.6 Å². The van der Waals surface area contributed by atoms with E-state index in [1.807, 2.05) is 4.68 Å². The number of rotatable bonds is 6. The second-order valence-electron chi connectivity index (χ2n) is 6.46. The molecule has 128 valence electrons. The first kappa shape index (κ1) is 16.7. The molecule has 0 aliphatic heterocycles. The highest BCUT2D eigenvalue weighted by Gasteiger charge is 2.30. The van der Waals surface area contributed by atoms with Gasteiger partial charge in [0.25, 0.3) is 5.91 Å². The Kier molecular flexibility index (Phi) is 4.45. The van der Waals surface area contributed by atoms with Crippen LogP contribution in [-0.2, 0) is 15.6 Å². The summed E-state index contributed by atoms with van der Waals surface area (Å²) in [6, 6.07) is 8.67. The number of carbonyl (C=O) groups is 1. The predicted molar refractivity (Wildman–Crippen MR) is 92.6 cm³/mol. The minimum Gasteiger partial charge on any atom is -0.307 e. The van der Waals surface area contributed by atoms with E-state index in [-0.39, 0.29) is 17.7 Å². The van der Waals surface area contributed by atoms with E-state index in [4.69, 9.17) is 0 Å². The highest BCUT2D eigenvalue weighted by Crippen LogP contribution is 2.40. The topological polar surface area (TPSA) is 81.1 Å². The molecule has 1 fully saturated rings. The van der Waals surface area contributed by atoms with Crippen LogP contribution in [0, 0.1) is 5.92 Å². The zero-order chi connectivity index (χ0) is 17.3. The number of hydrogen-bond donors (Lipinski definition) is 1. The minimum absolute atomic E-state index is 0.0272. The summed E-state index contributed by atoms with van der Waals surface area (Å²) in [7, 11) is -3.08. The van der Waals surface area contributed by atoms with Gasteiger partial charge in [0.2, 0.25) is 0 Å². The Labute approximate surface area is 141 Å². The highest BCUT2D eigenvalue weighted by molar-refractivity contribution is 7.89. The third-order valence-corrected chi connectivity index (χ3v) is 5.10. The van der Waals surface area contributed by atoms with E-state index in [2.05, 4.69) is 17.3 Å². The Balaban J connectivity index is 1.70. The van der Waals surface area contributed by atoms with Gasteiger partial charge in [0.05, 0.1) is 18.0 Å². The van der Waals surface area contributed by atoms with Crippen LogP contribution in [0.2, 0.25) is 0 Å². The zero-order valence-corrected chi connectivity index (χ0v) is 14.6. The van der Waals surface area contributed by atoms with Gasteiger partial charge in [-0.1, -0.05) is 12.1 Å². The van der Waals surface area contributed by atoms with E-state index in [1.54, 1.807) is 36.5 Å². The molecule has 0 spiro atoms. The predicted octanol–water partition coefficient (Wildman–Crippen LogP) is 2.65. The average molecular weight is 347 g/mol. The second-order valence-corrected chi connectivity index (χ2v) is 8.60. The number of aromatic nitrogens is 2. The summed E-state index contributed by atoms with van der Waals surface area (Å²) in [5.74, 6) is 1.06. The van der Waals surface area contributed by atoms with Crippen molar-refractivity contribution in [2.75, 3.05) is 11.6 Å². The molecule has 1 saturated carbocycles. The number of benzene rings is 1. The van der Waals surface area contributed by atoms with Crippen molar-refractivity contribution in [3.05, 3.63) is 47.7 Å². The van der Waals surface area contributed by atoms with Gasteiger partial charge in [-0.15, -0.1) is 0 Å². The van der Waals surface area contributed by atoms with E-state index < -0.39 is 9.84 Å². The Morgan fingerprint density at radius 2 is 1.96 bits per heavy atom. The van der Waals surface area contributed by atoms with Gasteiger partial charge in [0.15, 0.2) is 9.84 Å². The van der Waals surface area contributed by atoms with Gasteiger partial charge < -0.3 is 5.32 Å². The molecule has 0 bridgehead atoms. The van der Waals surface area contributed by atoms with Crippen molar-refractivity contribution in [3.8, 4) is 0 Å². The van der Waals surface area contributed by atoms with Crippen LogP contribution in [0.5, 0.6) is 0 Å². The maximum atomic E-state index is 12.4. The van der Waals surface area contributed by atoms with Crippen molar-refractivity contribution in [1.82, 2.24) is 9.78 Å². The van der Waals surface area contributed by atoms with E-state index in [1.165, 1.54) is 19.1 Å². The largest absolute Gasteiger partial charge is 0.307 e. The molecular weight excluding hydrogens is 326 g/mol. The number of sulfone groups is 1. The molecule has 1 unspecified atom stereocenters. The van der Waals surface area contributed by atoms with Crippen LogP contribution in [0.4, 0.5) is 5.82 Å². The lowest BCUT2D eigenvalue weighted by Crippen LogP contribution is -2.18. The van der Waals surface area contributed by atoms with Crippen LogP contribution in [0.3, 0.4) is 0 Å². The third kappa shape index (κ3) is 4.03. The quantitative estimate of drug-likeness (QED) is 0.871. The molecule has 3 rings (SSSR count). The Hall–Kier alpha value is -2.15. The van der Waals surface area contributed by atoms with Crippen LogP contribution in [0.15, 0.2) is 36.5 Å². The standard InChI is InChI=1S/C17H21N3O3S/c1-12(14-7-8-14)20-16(9-10-18-20)19-17(21)15-5-3-13(4-6-15)11-24(2,22)23/h3-6,9-10,12,14H,7-8,11H2,1-2H3,(H,19,21). The van der Waals surface area contributed by atoms with Crippen LogP contribution in [0.25, 0.3) is 0 Å². The number of anilines is 1. The van der Waals surface area contributed by atoms with Crippen molar-refractivity contribution in [2.24, 2.45) is 5.92 Å². The Morgan fingerprint density at radius 3 is 2.54 bits per heavy atom. The van der Waals surface area contributed by atoms with Crippen LogP contribution < -0.4 is 5.32 Å². The number of hydrogen-bond acceptors (Lipinski definition) is 4. The lowest BCUT2D eigenvalue weighted by molar-refractivity contribution is 0.102. The first-order valence-electron chi connectivity index (χ1n) is 7.95. The van der Waals surface area contributed by atoms with Crippen LogP contribution >= 0.6 is 0 Å². The molecule has 1 aromatic heterocycles. The van der Waals surface area contributed by atoms with Gasteiger partial charge in [-0.25, -0.2) is 13.1 Å². The molecule has 1 atom stereocenters. The summed E-state index contributed by atoms with van der Waals surface area (Å²) in [5, 5.41) is 7.20. The molecule has 1 aromatic carbocycles. The molecule has 1 aliphatic carbocycles. The lowest BCUT2D eigenvalue weighted by Gasteiger charge is -2.15. The maximum Gasteiger partial charge on any atom is 0.256 e. The number of nitrogens with one attached hydrogen (secondary N) is 1. The Bertz CT molecular complexity index is 836. The molecule has 2 aromatic rings. The Morgan fingerprint density at radius 1 is 1.29 bits per heavy atom. The SMILES string of the molecule is CC(C1CC1)n1nccc1NC(=O)c1ccc(CS(C)(=O)=O)cc1. The van der Waals surface area contributed by atoms with Crippen LogP contribution in [0.1, 0.15) is 41.7 Å². The summed E-state index contributed by atoms with van der Waals surface area (Å²) in [4.78, 5) is 12.4. The fraction of sp³-hybridized carbons (Fsp3) is 0.412. The minimum atomic E-state index is -3.08. The summed E-state index contributed by atoms with van der Waals surface area (Å²) >= 11 is 0. The maximum absolute atomic E-state index is 12.4. The van der Waals surface area contributed by atoms with E-state index in [9.17, 15) is 13.2 Å². The molecular formula is C17H21N3O3S. The van der Waals surface area contributed by atoms with Crippen molar-refractivity contribution in [3.63, 3.8) is 0 Å². The second kappa shape index (κ2) is 6.39. The molecule has 1 aliphatic rings. The van der Waals surface area contributed by atoms with Gasteiger partial charge >= 0.3 is 0 Å². The van der Waals surface area contributed by atoms with Crippen molar-refractivity contribution < 1.29 is 13.2 Å². The smallest absolute Gasteiger partial charge is 0.256 e. The lowest BCUT2D eigenvalue weighted by atomic mass is 10.1. The summed E-state index contributed by atoms with van der Waals surface area (Å²) in [6.07, 6.45) is 5.28. The van der Waals surface area contributed by atoms with Gasteiger partial charge in [-0.3, -0.25) is 4.79 Å². The fourth-order valence-corrected chi connectivity index (χ4v) is 3.56. The number of nitrogens with zero attached hydrogens (tertiary/aromatic N) is 2. The molecule has 1 N–H and O–H groups in total. The first-order chi connectivity index (χ1) is 11.3. The van der Waals surface area contributed by atoms with E-state index in [0.29, 0.717) is 22.9 Å². The van der Waals surface area contributed by atoms with Crippen molar-refractivity contribution in [1.29, 1.82) is 0 Å². The van der Waals surface area contributed by atoms with E-state index >= 15 is 0 Å². The molecule has 0 radical (unpaired) electrons. The van der Waals surface area contributed by atoms with Crippen molar-refractivity contribution >= 4 is 21.6 Å². The fourth-order valence-electron chi connectivity index (χ4n) is 2.76. The average Bonchev–Trinajstić information content (AvgIpc) is 3.26. The zero-order valence-electron chi connectivity index (χ0n) is 13.8. The molecule has 1 amide bonds. The molecule has 7 heteroatoms. The summed E-state index contributed by atoms with van der Waals surface area (Å²) in [5.41, 5.74) is 1.15. The summed E-state index contributed by atoms with van der Waals surface area (Å²) in [6.45, 7) is 2.11. The summed E-state index contributed by atoms with van der Waals surface area (Å²) < 4.78 is 24.5. The number of carbonyl (C=O) groups excluding carboxylic acids is 1. The molecule has 24 heavy (non-hydrogen) atoms. The monoisotopic (exact) mass is 347 g/mol. The normalized spacial score (nSPS) is 15.9. The van der Waals surface area contributed by atoms with Gasteiger partial charge in [-0.05, 0) is 43.4 Å². The van der Waals surface area contributed by atoms with Gasteiger partial charge in [0.1, 0.15) is 5.82 Å². The molecule has 1 heterocycles. The molecule has 0 saturated heterocycles. The van der Waals surface area contributed by atoms with Gasteiger partial charge in [0, 0.05) is 17.9 Å². The molecule has 6 nitrogen and oxygen atoms in total. The number of amides is 1. The van der Waals surface area contributed by atoms with E-state index in [0.717, 1.165) is 0 Å². The third-order valence-electron chi connectivity index (χ3n) is 4.25. The highest BCUT2D eigenvalue weighted by atomic mass is 32.2. The first-order valence-corrected chi connectivity index (χ1v) is 10.0.